The number of fused-ring (bicyclic) bond motifs is 1. The zero-order valence-electron chi connectivity index (χ0n) is 20.8. The lowest BCUT2D eigenvalue weighted by atomic mass is 10.1. The van der Waals surface area contributed by atoms with Crippen molar-refractivity contribution in [1.29, 1.82) is 0 Å². The summed E-state index contributed by atoms with van der Waals surface area (Å²) in [6.45, 7) is 1.76. The molecule has 1 aliphatic heterocycles. The summed E-state index contributed by atoms with van der Waals surface area (Å²) < 4.78 is 24.2. The second-order valence-electron chi connectivity index (χ2n) is 8.83. The third-order valence-electron chi connectivity index (χ3n) is 6.07. The van der Waals surface area contributed by atoms with Crippen LogP contribution in [0.15, 0.2) is 60.8 Å². The highest BCUT2D eigenvalue weighted by Gasteiger charge is 2.26. The Balaban J connectivity index is 1.34. The zero-order chi connectivity index (χ0) is 26.5. The number of nitrogens with zero attached hydrogens (tertiary/aromatic N) is 3. The Morgan fingerprint density at radius 1 is 1.24 bits per heavy atom. The largest absolute Gasteiger partial charge is 0.494 e. The molecule has 2 aromatic heterocycles. The van der Waals surface area contributed by atoms with E-state index in [9.17, 15) is 9.18 Å². The topological polar surface area (TPSA) is 130 Å². The number of nitrogens with two attached hydrogens (primary N) is 1. The zero-order valence-corrected chi connectivity index (χ0v) is 20.8. The van der Waals surface area contributed by atoms with E-state index in [1.54, 1.807) is 31.5 Å². The molecule has 5 rings (SSSR count). The van der Waals surface area contributed by atoms with Crippen LogP contribution in [0.25, 0.3) is 17.1 Å². The number of carbonyl (C=O) groups is 1. The molecule has 5 N–H and O–H groups in total. The van der Waals surface area contributed by atoms with Crippen molar-refractivity contribution in [3.63, 3.8) is 0 Å². The van der Waals surface area contributed by atoms with Crippen molar-refractivity contribution < 1.29 is 18.7 Å². The number of primary amides is 1. The van der Waals surface area contributed by atoms with Gasteiger partial charge in [-0.15, -0.1) is 0 Å². The maximum atomic E-state index is 12.5. The van der Waals surface area contributed by atoms with Crippen LogP contribution >= 0.6 is 0 Å². The highest BCUT2D eigenvalue weighted by molar-refractivity contribution is 5.90. The van der Waals surface area contributed by atoms with Crippen LogP contribution in [-0.2, 0) is 4.79 Å². The molecular formula is C27H28FN7O3. The number of anilines is 3. The number of amides is 1. The first-order valence-electron chi connectivity index (χ1n) is 12.1. The van der Waals surface area contributed by atoms with Gasteiger partial charge in [-0.2, -0.15) is 9.97 Å². The molecule has 0 aliphatic carbocycles. The molecule has 10 nitrogen and oxygen atoms in total. The first-order chi connectivity index (χ1) is 18.5. The number of methoxy groups -OCH3 is 1. The maximum absolute atomic E-state index is 12.5. The van der Waals surface area contributed by atoms with Crippen LogP contribution < -0.4 is 25.8 Å². The van der Waals surface area contributed by atoms with Gasteiger partial charge in [0.05, 0.1) is 24.2 Å². The molecule has 4 aromatic rings. The number of carbonyl (C=O) groups excluding carboxylic acids is 1. The van der Waals surface area contributed by atoms with Gasteiger partial charge in [-0.25, -0.2) is 4.39 Å². The van der Waals surface area contributed by atoms with Gasteiger partial charge in [-0.05, 0) is 42.0 Å². The van der Waals surface area contributed by atoms with E-state index in [0.29, 0.717) is 46.6 Å². The van der Waals surface area contributed by atoms with Gasteiger partial charge in [0.2, 0.25) is 17.7 Å². The molecule has 1 saturated heterocycles. The van der Waals surface area contributed by atoms with Gasteiger partial charge in [0, 0.05) is 43.7 Å². The van der Waals surface area contributed by atoms with Crippen LogP contribution in [0.3, 0.4) is 0 Å². The summed E-state index contributed by atoms with van der Waals surface area (Å²) in [5.41, 5.74) is 8.15. The molecule has 11 heteroatoms. The van der Waals surface area contributed by atoms with Crippen LogP contribution in [0.2, 0.25) is 0 Å². The highest BCUT2D eigenvalue weighted by atomic mass is 19.1. The van der Waals surface area contributed by atoms with Gasteiger partial charge in [-0.3, -0.25) is 9.69 Å². The Bertz CT molecular complexity index is 1470. The molecule has 0 saturated carbocycles. The molecule has 196 valence electrons. The number of hydrogen-bond donors (Lipinski definition) is 4. The Hall–Kier alpha value is -4.64. The van der Waals surface area contributed by atoms with Crippen LogP contribution in [0, 0.1) is 0 Å². The number of aromatic amines is 1. The number of rotatable bonds is 11. The molecule has 1 amide bonds. The lowest BCUT2D eigenvalue weighted by molar-refractivity contribution is -0.113. The molecule has 2 aromatic carbocycles. The summed E-state index contributed by atoms with van der Waals surface area (Å²) in [4.78, 5) is 25.4. The minimum atomic E-state index is -0.528. The number of ether oxygens (including phenoxy) is 2. The number of aromatic nitrogens is 3. The van der Waals surface area contributed by atoms with Crippen LogP contribution in [0.1, 0.15) is 5.56 Å². The number of benzene rings is 2. The van der Waals surface area contributed by atoms with Crippen LogP contribution in [-0.4, -0.2) is 65.2 Å². The number of H-pyrrole nitrogens is 1. The molecular weight excluding hydrogens is 489 g/mol. The van der Waals surface area contributed by atoms with Crippen molar-refractivity contribution >= 4 is 40.3 Å². The van der Waals surface area contributed by atoms with E-state index in [1.165, 1.54) is 6.08 Å². The molecule has 1 fully saturated rings. The smallest absolute Gasteiger partial charge is 0.241 e. The third-order valence-corrected chi connectivity index (χ3v) is 6.07. The lowest BCUT2D eigenvalue weighted by Crippen LogP contribution is -2.55. The van der Waals surface area contributed by atoms with Crippen molar-refractivity contribution in [2.75, 3.05) is 44.1 Å². The summed E-state index contributed by atoms with van der Waals surface area (Å²) in [5.74, 6) is 1.30. The second kappa shape index (κ2) is 11.2. The maximum Gasteiger partial charge on any atom is 0.241 e. The predicted molar refractivity (Wildman–Crippen MR) is 145 cm³/mol. The standard InChI is InChI=1S/C27H28FN7O3/c1-37-23-14-18(31-19-15-35(16-19)12-10-28)6-7-22(23)32-27-33-25-21(9-11-30-25)26(34-27)38-20-4-2-3-17(13-20)5-8-24(29)36/h2-9,11,13-14,19,31H,10,12,15-16H2,1H3,(H2,29,36)(H2,30,32,33,34). The number of halogens is 1. The van der Waals surface area contributed by atoms with E-state index in [-0.39, 0.29) is 12.7 Å². The van der Waals surface area contributed by atoms with Crippen molar-refractivity contribution in [2.45, 2.75) is 6.04 Å². The molecule has 0 spiro atoms. The molecule has 0 unspecified atom stereocenters. The molecule has 0 atom stereocenters. The Kier molecular flexibility index (Phi) is 7.36. The van der Waals surface area contributed by atoms with Gasteiger partial charge in [-0.1, -0.05) is 12.1 Å². The van der Waals surface area contributed by atoms with Crippen LogP contribution in [0.4, 0.5) is 21.7 Å². The average Bonchev–Trinajstić information content (AvgIpc) is 3.36. The first-order valence-corrected chi connectivity index (χ1v) is 12.1. The summed E-state index contributed by atoms with van der Waals surface area (Å²) >= 11 is 0. The molecule has 1 aliphatic rings. The van der Waals surface area contributed by atoms with Gasteiger partial charge in [0.15, 0.2) is 0 Å². The third kappa shape index (κ3) is 5.84. The normalized spacial score (nSPS) is 13.9. The van der Waals surface area contributed by atoms with E-state index in [0.717, 1.165) is 24.3 Å². The molecule has 0 bridgehead atoms. The van der Waals surface area contributed by atoms with Crippen molar-refractivity contribution in [1.82, 2.24) is 19.9 Å². The lowest BCUT2D eigenvalue weighted by Gasteiger charge is -2.39. The van der Waals surface area contributed by atoms with Gasteiger partial charge >= 0.3 is 0 Å². The summed E-state index contributed by atoms with van der Waals surface area (Å²) in [6.07, 6.45) is 4.67. The molecule has 3 heterocycles. The summed E-state index contributed by atoms with van der Waals surface area (Å²) in [6, 6.07) is 15.1. The van der Waals surface area contributed by atoms with E-state index in [4.69, 9.17) is 15.2 Å². The molecule has 38 heavy (non-hydrogen) atoms. The van der Waals surface area contributed by atoms with Gasteiger partial charge < -0.3 is 30.8 Å². The van der Waals surface area contributed by atoms with E-state index >= 15 is 0 Å². The van der Waals surface area contributed by atoms with E-state index in [2.05, 4.69) is 30.5 Å². The van der Waals surface area contributed by atoms with Crippen LogP contribution in [0.5, 0.6) is 17.4 Å². The number of alkyl halides is 1. The fourth-order valence-corrected chi connectivity index (χ4v) is 4.22. The summed E-state index contributed by atoms with van der Waals surface area (Å²) in [7, 11) is 1.60. The second-order valence-corrected chi connectivity index (χ2v) is 8.83. The fraction of sp³-hybridized carbons (Fsp3) is 0.222. The number of hydrogen-bond acceptors (Lipinski definition) is 8. The van der Waals surface area contributed by atoms with E-state index < -0.39 is 5.91 Å². The minimum Gasteiger partial charge on any atom is -0.494 e. The number of nitrogens with one attached hydrogen (secondary N) is 3. The van der Waals surface area contributed by atoms with Crippen molar-refractivity contribution in [3.05, 3.63) is 66.4 Å². The number of likely N-dealkylation sites (tertiary alicyclic amines) is 1. The van der Waals surface area contributed by atoms with Gasteiger partial charge in [0.1, 0.15) is 23.8 Å². The molecule has 0 radical (unpaired) electrons. The highest BCUT2D eigenvalue weighted by Crippen LogP contribution is 2.33. The van der Waals surface area contributed by atoms with Crippen molar-refractivity contribution in [3.8, 4) is 17.4 Å². The van der Waals surface area contributed by atoms with Crippen molar-refractivity contribution in [2.24, 2.45) is 5.73 Å². The minimum absolute atomic E-state index is 0.271. The quantitative estimate of drug-likeness (QED) is 0.219. The SMILES string of the molecule is COc1cc(NC2CN(CCF)C2)ccc1Nc1nc(Oc2cccc(C=CC(N)=O)c2)c2cc[nH]c2n1. The average molecular weight is 518 g/mol. The predicted octanol–water partition coefficient (Wildman–Crippen LogP) is 4.07. The Morgan fingerprint density at radius 2 is 2.11 bits per heavy atom. The fourth-order valence-electron chi connectivity index (χ4n) is 4.22. The first kappa shape index (κ1) is 25.0. The monoisotopic (exact) mass is 517 g/mol. The van der Waals surface area contributed by atoms with E-state index in [1.807, 2.05) is 36.4 Å². The Labute approximate surface area is 218 Å². The Morgan fingerprint density at radius 3 is 2.89 bits per heavy atom. The van der Waals surface area contributed by atoms with Gasteiger partial charge in [0.25, 0.3) is 0 Å². The summed E-state index contributed by atoms with van der Waals surface area (Å²) in [5, 5.41) is 7.38.